The summed E-state index contributed by atoms with van der Waals surface area (Å²) >= 11 is 6.00. The third-order valence-corrected chi connectivity index (χ3v) is 3.94. The number of ether oxygens (including phenoxy) is 1. The molecular formula is C17H15ClN6O3. The average molecular weight is 387 g/mol. The summed E-state index contributed by atoms with van der Waals surface area (Å²) in [6, 6.07) is 10.6. The Bertz CT molecular complexity index is 952. The Balaban J connectivity index is 1.84. The van der Waals surface area contributed by atoms with E-state index in [2.05, 4.69) is 25.6 Å². The van der Waals surface area contributed by atoms with Crippen LogP contribution in [0.5, 0.6) is 5.75 Å². The van der Waals surface area contributed by atoms with Crippen molar-refractivity contribution in [3.8, 4) is 5.75 Å². The van der Waals surface area contributed by atoms with E-state index in [0.717, 1.165) is 11.3 Å². The van der Waals surface area contributed by atoms with Crippen LogP contribution in [-0.2, 0) is 6.54 Å². The number of nitro groups is 1. The number of pyridine rings is 1. The topological polar surface area (TPSA) is 115 Å². The molecule has 2 N–H and O–H groups in total. The van der Waals surface area contributed by atoms with Gasteiger partial charge in [0, 0.05) is 12.7 Å². The van der Waals surface area contributed by atoms with Gasteiger partial charge in [-0.1, -0.05) is 23.7 Å². The van der Waals surface area contributed by atoms with Crippen LogP contribution in [0.2, 0.25) is 5.15 Å². The molecular weight excluding hydrogens is 372 g/mol. The van der Waals surface area contributed by atoms with Gasteiger partial charge in [-0.2, -0.15) is 0 Å². The highest BCUT2D eigenvalue weighted by atomic mass is 35.5. The normalized spacial score (nSPS) is 10.3. The molecule has 0 bridgehead atoms. The average Bonchev–Trinajstić information content (AvgIpc) is 2.68. The SMILES string of the molecule is COc1ccc(CNc2ncnc(Nc3cccnc3Cl)c2[N+](=O)[O-])cc1. The lowest BCUT2D eigenvalue weighted by molar-refractivity contribution is -0.383. The molecule has 0 unspecified atom stereocenters. The quantitative estimate of drug-likeness (QED) is 0.358. The third kappa shape index (κ3) is 4.39. The summed E-state index contributed by atoms with van der Waals surface area (Å²) in [5.41, 5.74) is 1.03. The van der Waals surface area contributed by atoms with Gasteiger partial charge < -0.3 is 15.4 Å². The predicted octanol–water partition coefficient (Wildman–Crippen LogP) is 3.80. The second kappa shape index (κ2) is 8.28. The van der Waals surface area contributed by atoms with Gasteiger partial charge in [0.1, 0.15) is 12.1 Å². The second-order valence-corrected chi connectivity index (χ2v) is 5.70. The Labute approximate surface area is 159 Å². The first-order valence-corrected chi connectivity index (χ1v) is 8.20. The van der Waals surface area contributed by atoms with Crippen molar-refractivity contribution in [1.29, 1.82) is 0 Å². The highest BCUT2D eigenvalue weighted by Gasteiger charge is 2.23. The Kier molecular flexibility index (Phi) is 5.62. The molecule has 1 aromatic carbocycles. The van der Waals surface area contributed by atoms with Crippen molar-refractivity contribution in [1.82, 2.24) is 15.0 Å². The van der Waals surface area contributed by atoms with Crippen LogP contribution >= 0.6 is 11.6 Å². The molecule has 0 fully saturated rings. The molecule has 0 amide bonds. The Morgan fingerprint density at radius 1 is 1.15 bits per heavy atom. The molecule has 138 valence electrons. The molecule has 0 aliphatic carbocycles. The minimum absolute atomic E-state index is 0.0159. The summed E-state index contributed by atoms with van der Waals surface area (Å²) in [6.45, 7) is 0.342. The maximum absolute atomic E-state index is 11.6. The predicted molar refractivity (Wildman–Crippen MR) is 102 cm³/mol. The highest BCUT2D eigenvalue weighted by molar-refractivity contribution is 6.32. The molecule has 0 saturated carbocycles. The van der Waals surface area contributed by atoms with Crippen molar-refractivity contribution < 1.29 is 9.66 Å². The van der Waals surface area contributed by atoms with E-state index >= 15 is 0 Å². The number of benzene rings is 1. The first kappa shape index (κ1) is 18.3. The van der Waals surface area contributed by atoms with Gasteiger partial charge >= 0.3 is 5.69 Å². The fourth-order valence-electron chi connectivity index (χ4n) is 2.31. The van der Waals surface area contributed by atoms with Crippen LogP contribution in [0.1, 0.15) is 5.56 Å². The number of aromatic nitrogens is 3. The minimum atomic E-state index is -0.553. The number of methoxy groups -OCH3 is 1. The lowest BCUT2D eigenvalue weighted by Gasteiger charge is -2.11. The van der Waals surface area contributed by atoms with Crippen molar-refractivity contribution in [2.24, 2.45) is 0 Å². The highest BCUT2D eigenvalue weighted by Crippen LogP contribution is 2.32. The van der Waals surface area contributed by atoms with Gasteiger partial charge in [0.25, 0.3) is 0 Å². The summed E-state index contributed by atoms with van der Waals surface area (Å²) < 4.78 is 5.11. The van der Waals surface area contributed by atoms with Crippen molar-refractivity contribution in [2.75, 3.05) is 17.7 Å². The number of rotatable bonds is 7. The van der Waals surface area contributed by atoms with Gasteiger partial charge in [-0.3, -0.25) is 10.1 Å². The van der Waals surface area contributed by atoms with Crippen LogP contribution < -0.4 is 15.4 Å². The van der Waals surface area contributed by atoms with Gasteiger partial charge in [-0.05, 0) is 29.8 Å². The number of halogens is 1. The van der Waals surface area contributed by atoms with Crippen LogP contribution in [0, 0.1) is 10.1 Å². The lowest BCUT2D eigenvalue weighted by atomic mass is 10.2. The largest absolute Gasteiger partial charge is 0.497 e. The van der Waals surface area contributed by atoms with Crippen molar-refractivity contribution >= 4 is 34.6 Å². The van der Waals surface area contributed by atoms with Gasteiger partial charge in [-0.25, -0.2) is 15.0 Å². The third-order valence-electron chi connectivity index (χ3n) is 3.64. The molecule has 3 aromatic rings. The summed E-state index contributed by atoms with van der Waals surface area (Å²) in [5, 5.41) is 17.6. The summed E-state index contributed by atoms with van der Waals surface area (Å²) in [4.78, 5) is 22.9. The number of hydrogen-bond donors (Lipinski definition) is 2. The van der Waals surface area contributed by atoms with E-state index in [0.29, 0.717) is 12.2 Å². The number of nitrogens with one attached hydrogen (secondary N) is 2. The molecule has 2 heterocycles. The van der Waals surface area contributed by atoms with Crippen LogP contribution in [0.4, 0.5) is 23.0 Å². The molecule has 2 aromatic heterocycles. The lowest BCUT2D eigenvalue weighted by Crippen LogP contribution is -2.08. The maximum atomic E-state index is 11.6. The van der Waals surface area contributed by atoms with Gasteiger partial charge in [0.15, 0.2) is 5.15 Å². The first-order chi connectivity index (χ1) is 13.1. The molecule has 0 spiro atoms. The van der Waals surface area contributed by atoms with Crippen LogP contribution in [-0.4, -0.2) is 27.0 Å². The molecule has 0 aliphatic heterocycles. The standard InChI is InChI=1S/C17H15ClN6O3/c1-27-12-6-4-11(5-7-12)9-20-16-14(24(25)26)17(22-10-21-16)23-13-3-2-8-19-15(13)18/h2-8,10H,9H2,1H3,(H2,20,21,22,23). The zero-order chi connectivity index (χ0) is 19.2. The molecule has 0 radical (unpaired) electrons. The van der Waals surface area contributed by atoms with Crippen LogP contribution in [0.3, 0.4) is 0 Å². The minimum Gasteiger partial charge on any atom is -0.497 e. The van der Waals surface area contributed by atoms with Crippen LogP contribution in [0.15, 0.2) is 48.9 Å². The Hall–Kier alpha value is -3.46. The molecule has 9 nitrogen and oxygen atoms in total. The first-order valence-electron chi connectivity index (χ1n) is 7.82. The molecule has 0 atom stereocenters. The van der Waals surface area contributed by atoms with E-state index < -0.39 is 4.92 Å². The molecule has 27 heavy (non-hydrogen) atoms. The molecule has 0 saturated heterocycles. The zero-order valence-electron chi connectivity index (χ0n) is 14.2. The van der Waals surface area contributed by atoms with E-state index in [1.165, 1.54) is 12.5 Å². The number of nitrogens with zero attached hydrogens (tertiary/aromatic N) is 4. The molecule has 10 heteroatoms. The number of hydrogen-bond acceptors (Lipinski definition) is 8. The molecule has 0 aliphatic rings. The van der Waals surface area contributed by atoms with E-state index in [1.54, 1.807) is 19.2 Å². The van der Waals surface area contributed by atoms with Gasteiger partial charge in [0.05, 0.1) is 17.7 Å². The van der Waals surface area contributed by atoms with Gasteiger partial charge in [0.2, 0.25) is 11.6 Å². The van der Waals surface area contributed by atoms with Crippen molar-refractivity contribution in [2.45, 2.75) is 6.54 Å². The summed E-state index contributed by atoms with van der Waals surface area (Å²) in [6.07, 6.45) is 2.75. The van der Waals surface area contributed by atoms with Crippen molar-refractivity contribution in [3.63, 3.8) is 0 Å². The Morgan fingerprint density at radius 3 is 2.56 bits per heavy atom. The van der Waals surface area contributed by atoms with Crippen LogP contribution in [0.25, 0.3) is 0 Å². The van der Waals surface area contributed by atoms with E-state index in [-0.39, 0.29) is 22.5 Å². The van der Waals surface area contributed by atoms with Gasteiger partial charge in [-0.15, -0.1) is 0 Å². The monoisotopic (exact) mass is 386 g/mol. The zero-order valence-corrected chi connectivity index (χ0v) is 15.0. The summed E-state index contributed by atoms with van der Waals surface area (Å²) in [5.74, 6) is 0.835. The fraction of sp³-hybridized carbons (Fsp3) is 0.118. The maximum Gasteiger partial charge on any atom is 0.353 e. The van der Waals surface area contributed by atoms with Crippen molar-refractivity contribution in [3.05, 3.63) is 69.8 Å². The van der Waals surface area contributed by atoms with E-state index in [4.69, 9.17) is 16.3 Å². The summed E-state index contributed by atoms with van der Waals surface area (Å²) in [7, 11) is 1.58. The van der Waals surface area contributed by atoms with E-state index in [1.807, 2.05) is 24.3 Å². The second-order valence-electron chi connectivity index (χ2n) is 5.34. The molecule has 3 rings (SSSR count). The van der Waals surface area contributed by atoms with E-state index in [9.17, 15) is 10.1 Å². The Morgan fingerprint density at radius 2 is 1.89 bits per heavy atom. The fourth-order valence-corrected chi connectivity index (χ4v) is 2.48. The number of anilines is 3. The smallest absolute Gasteiger partial charge is 0.353 e.